The number of methoxy groups -OCH3 is 1. The van der Waals surface area contributed by atoms with Gasteiger partial charge in [0.1, 0.15) is 6.04 Å². The number of halogens is 1. The third-order valence-corrected chi connectivity index (χ3v) is 3.61. The lowest BCUT2D eigenvalue weighted by Gasteiger charge is -2.21. The molecule has 23 heavy (non-hydrogen) atoms. The molecule has 0 saturated carbocycles. The van der Waals surface area contributed by atoms with Crippen molar-refractivity contribution in [3.63, 3.8) is 0 Å². The van der Waals surface area contributed by atoms with Crippen LogP contribution in [0.2, 0.25) is 5.02 Å². The molecule has 0 bridgehead atoms. The van der Waals surface area contributed by atoms with Gasteiger partial charge in [0.05, 0.1) is 12.7 Å². The highest BCUT2D eigenvalue weighted by Crippen LogP contribution is 2.12. The molecule has 2 atom stereocenters. The lowest BCUT2D eigenvalue weighted by atomic mass is 9.99. The summed E-state index contributed by atoms with van der Waals surface area (Å²) in [6.45, 7) is 3.22. The molecular formula is C16H20ClNO5. The van der Waals surface area contributed by atoms with Gasteiger partial charge >= 0.3 is 11.9 Å². The molecule has 0 fully saturated rings. The zero-order chi connectivity index (χ0) is 17.4. The highest BCUT2D eigenvalue weighted by Gasteiger charge is 2.27. The van der Waals surface area contributed by atoms with Crippen molar-refractivity contribution in [2.24, 2.45) is 5.92 Å². The molecule has 0 aliphatic rings. The molecule has 0 saturated heterocycles. The Bertz CT molecular complexity index is 575. The summed E-state index contributed by atoms with van der Waals surface area (Å²) in [7, 11) is 1.25. The fourth-order valence-electron chi connectivity index (χ4n) is 1.84. The van der Waals surface area contributed by atoms with Crippen LogP contribution in [0.4, 0.5) is 0 Å². The molecule has 1 aromatic rings. The molecule has 1 amide bonds. The SMILES string of the molecule is CC[C@H](C)[C@@H](NC(=O)COC(=O)c1cccc(Cl)c1)C(=O)OC. The summed E-state index contributed by atoms with van der Waals surface area (Å²) in [6.07, 6.45) is 0.683. The van der Waals surface area contributed by atoms with Crippen molar-refractivity contribution in [2.75, 3.05) is 13.7 Å². The zero-order valence-electron chi connectivity index (χ0n) is 13.3. The smallest absolute Gasteiger partial charge is 0.338 e. The van der Waals surface area contributed by atoms with E-state index in [1.54, 1.807) is 12.1 Å². The van der Waals surface area contributed by atoms with Crippen LogP contribution in [0.1, 0.15) is 30.6 Å². The summed E-state index contributed by atoms with van der Waals surface area (Å²) in [5.74, 6) is -1.87. The Balaban J connectivity index is 2.58. The number of carbonyl (C=O) groups is 3. The first-order valence-corrected chi connectivity index (χ1v) is 7.56. The largest absolute Gasteiger partial charge is 0.467 e. The van der Waals surface area contributed by atoms with E-state index in [9.17, 15) is 14.4 Å². The number of ether oxygens (including phenoxy) is 2. The second kappa shape index (κ2) is 9.15. The number of hydrogen-bond donors (Lipinski definition) is 1. The maximum absolute atomic E-state index is 11.9. The van der Waals surface area contributed by atoms with Gasteiger partial charge in [-0.2, -0.15) is 0 Å². The van der Waals surface area contributed by atoms with E-state index in [0.717, 1.165) is 0 Å². The van der Waals surface area contributed by atoms with Crippen LogP contribution in [-0.4, -0.2) is 37.6 Å². The Morgan fingerprint density at radius 2 is 2.00 bits per heavy atom. The fourth-order valence-corrected chi connectivity index (χ4v) is 2.03. The van der Waals surface area contributed by atoms with Crippen molar-refractivity contribution in [3.05, 3.63) is 34.9 Å². The lowest BCUT2D eigenvalue weighted by Crippen LogP contribution is -2.47. The maximum Gasteiger partial charge on any atom is 0.338 e. The van der Waals surface area contributed by atoms with Gasteiger partial charge in [-0.1, -0.05) is 37.9 Å². The molecule has 6 nitrogen and oxygen atoms in total. The Kier molecular flexibility index (Phi) is 7.54. The minimum atomic E-state index is -0.776. The van der Waals surface area contributed by atoms with Crippen molar-refractivity contribution >= 4 is 29.4 Å². The van der Waals surface area contributed by atoms with E-state index >= 15 is 0 Å². The molecule has 0 unspecified atom stereocenters. The molecule has 1 rings (SSSR count). The predicted molar refractivity (Wildman–Crippen MR) is 85.1 cm³/mol. The molecule has 1 aromatic carbocycles. The van der Waals surface area contributed by atoms with E-state index in [0.29, 0.717) is 11.4 Å². The van der Waals surface area contributed by atoms with E-state index in [-0.39, 0.29) is 11.5 Å². The summed E-state index contributed by atoms with van der Waals surface area (Å²) >= 11 is 5.78. The second-order valence-electron chi connectivity index (χ2n) is 5.04. The molecule has 7 heteroatoms. The van der Waals surface area contributed by atoms with Gasteiger partial charge in [0.25, 0.3) is 5.91 Å². The van der Waals surface area contributed by atoms with Crippen molar-refractivity contribution in [1.29, 1.82) is 0 Å². The summed E-state index contributed by atoms with van der Waals surface area (Å²) in [5.41, 5.74) is 0.247. The van der Waals surface area contributed by atoms with Crippen molar-refractivity contribution in [3.8, 4) is 0 Å². The fraction of sp³-hybridized carbons (Fsp3) is 0.438. The molecular weight excluding hydrogens is 322 g/mol. The van der Waals surface area contributed by atoms with Gasteiger partial charge in [0.15, 0.2) is 6.61 Å². The molecule has 0 spiro atoms. The Morgan fingerprint density at radius 3 is 2.57 bits per heavy atom. The quantitative estimate of drug-likeness (QED) is 0.769. The number of nitrogens with one attached hydrogen (secondary N) is 1. The number of rotatable bonds is 7. The normalized spacial score (nSPS) is 12.9. The second-order valence-corrected chi connectivity index (χ2v) is 5.48. The summed E-state index contributed by atoms with van der Waals surface area (Å²) in [4.78, 5) is 35.4. The molecule has 126 valence electrons. The molecule has 1 N–H and O–H groups in total. The number of esters is 2. The molecule has 0 aliphatic carbocycles. The maximum atomic E-state index is 11.9. The van der Waals surface area contributed by atoms with Gasteiger partial charge in [-0.3, -0.25) is 4.79 Å². The standard InChI is InChI=1S/C16H20ClNO5/c1-4-10(2)14(16(21)22-3)18-13(19)9-23-15(20)11-6-5-7-12(17)8-11/h5-8,10,14H,4,9H2,1-3H3,(H,18,19)/t10-,14+/m0/s1. The van der Waals surface area contributed by atoms with Gasteiger partial charge in [0, 0.05) is 5.02 Å². The monoisotopic (exact) mass is 341 g/mol. The molecule has 0 radical (unpaired) electrons. The summed E-state index contributed by atoms with van der Waals surface area (Å²) < 4.78 is 9.58. The van der Waals surface area contributed by atoms with Crippen molar-refractivity contribution in [2.45, 2.75) is 26.3 Å². The Hall–Kier alpha value is -2.08. The van der Waals surface area contributed by atoms with Crippen LogP contribution in [0.15, 0.2) is 24.3 Å². The van der Waals surface area contributed by atoms with E-state index in [4.69, 9.17) is 16.3 Å². The van der Waals surface area contributed by atoms with E-state index in [1.807, 2.05) is 13.8 Å². The lowest BCUT2D eigenvalue weighted by molar-refractivity contribution is -0.147. The topological polar surface area (TPSA) is 81.7 Å². The Labute approximate surface area is 140 Å². The molecule has 0 heterocycles. The van der Waals surface area contributed by atoms with E-state index in [2.05, 4.69) is 10.1 Å². The van der Waals surface area contributed by atoms with Crippen LogP contribution in [0, 0.1) is 5.92 Å². The van der Waals surface area contributed by atoms with Crippen LogP contribution in [0.3, 0.4) is 0 Å². The minimum Gasteiger partial charge on any atom is -0.467 e. The number of amides is 1. The average molecular weight is 342 g/mol. The molecule has 0 aromatic heterocycles. The van der Waals surface area contributed by atoms with Crippen LogP contribution in [0.25, 0.3) is 0 Å². The predicted octanol–water partition coefficient (Wildman–Crippen LogP) is 2.20. The van der Waals surface area contributed by atoms with Crippen LogP contribution < -0.4 is 5.32 Å². The van der Waals surface area contributed by atoms with Gasteiger partial charge in [-0.05, 0) is 24.1 Å². The van der Waals surface area contributed by atoms with Crippen LogP contribution in [-0.2, 0) is 19.1 Å². The minimum absolute atomic E-state index is 0.102. The van der Waals surface area contributed by atoms with Crippen molar-refractivity contribution in [1.82, 2.24) is 5.32 Å². The average Bonchev–Trinajstić information content (AvgIpc) is 2.56. The van der Waals surface area contributed by atoms with Crippen molar-refractivity contribution < 1.29 is 23.9 Å². The van der Waals surface area contributed by atoms with E-state index in [1.165, 1.54) is 19.2 Å². The highest BCUT2D eigenvalue weighted by molar-refractivity contribution is 6.30. The Morgan fingerprint density at radius 1 is 1.30 bits per heavy atom. The zero-order valence-corrected chi connectivity index (χ0v) is 14.1. The van der Waals surface area contributed by atoms with Crippen LogP contribution in [0.5, 0.6) is 0 Å². The number of hydrogen-bond acceptors (Lipinski definition) is 5. The van der Waals surface area contributed by atoms with Crippen LogP contribution >= 0.6 is 11.6 Å². The third kappa shape index (κ3) is 5.90. The van der Waals surface area contributed by atoms with E-state index < -0.39 is 30.5 Å². The first kappa shape index (κ1) is 19.0. The third-order valence-electron chi connectivity index (χ3n) is 3.38. The first-order valence-electron chi connectivity index (χ1n) is 7.18. The summed E-state index contributed by atoms with van der Waals surface area (Å²) in [6, 6.07) is 5.43. The van der Waals surface area contributed by atoms with Gasteiger partial charge in [0.2, 0.25) is 0 Å². The number of benzene rings is 1. The first-order chi connectivity index (χ1) is 10.9. The van der Waals surface area contributed by atoms with Gasteiger partial charge in [-0.15, -0.1) is 0 Å². The van der Waals surface area contributed by atoms with Gasteiger partial charge < -0.3 is 14.8 Å². The van der Waals surface area contributed by atoms with Gasteiger partial charge in [-0.25, -0.2) is 9.59 Å². The number of carbonyl (C=O) groups excluding carboxylic acids is 3. The highest BCUT2D eigenvalue weighted by atomic mass is 35.5. The molecule has 0 aliphatic heterocycles. The summed E-state index contributed by atoms with van der Waals surface area (Å²) in [5, 5.41) is 2.91.